The first-order chi connectivity index (χ1) is 12.3. The third-order valence-corrected chi connectivity index (χ3v) is 6.47. The Morgan fingerprint density at radius 1 is 0.600 bits per heavy atom. The third-order valence-electron chi connectivity index (χ3n) is 4.48. The molecule has 3 heteroatoms. The molecule has 0 aliphatic carbocycles. The van der Waals surface area contributed by atoms with Crippen molar-refractivity contribution in [1.29, 1.82) is 0 Å². The van der Waals surface area contributed by atoms with Crippen LogP contribution < -0.4 is 0 Å². The second-order valence-corrected chi connectivity index (χ2v) is 7.87. The van der Waals surface area contributed by atoms with Gasteiger partial charge in [0.2, 0.25) is 0 Å². The molecule has 2 aromatic carbocycles. The summed E-state index contributed by atoms with van der Waals surface area (Å²) in [7, 11) is 0. The SMILES string of the molecule is OC(c1cccs1)(c1cccs1)C(c1ccccc1)c1ccccc1. The van der Waals surface area contributed by atoms with Crippen molar-refractivity contribution >= 4 is 22.7 Å². The van der Waals surface area contributed by atoms with Crippen molar-refractivity contribution in [1.82, 2.24) is 0 Å². The highest BCUT2D eigenvalue weighted by Gasteiger charge is 2.43. The van der Waals surface area contributed by atoms with Crippen molar-refractivity contribution in [2.45, 2.75) is 11.5 Å². The van der Waals surface area contributed by atoms with Gasteiger partial charge >= 0.3 is 0 Å². The van der Waals surface area contributed by atoms with Gasteiger partial charge in [-0.05, 0) is 34.0 Å². The van der Waals surface area contributed by atoms with E-state index < -0.39 is 5.60 Å². The second kappa shape index (κ2) is 6.96. The summed E-state index contributed by atoms with van der Waals surface area (Å²) in [4.78, 5) is 1.93. The van der Waals surface area contributed by atoms with E-state index in [2.05, 4.69) is 24.3 Å². The predicted octanol–water partition coefficient (Wildman–Crippen LogP) is 5.88. The van der Waals surface area contributed by atoms with E-state index in [-0.39, 0.29) is 5.92 Å². The van der Waals surface area contributed by atoms with Crippen LogP contribution in [-0.4, -0.2) is 5.11 Å². The van der Waals surface area contributed by atoms with E-state index >= 15 is 0 Å². The average molecular weight is 363 g/mol. The lowest BCUT2D eigenvalue weighted by Crippen LogP contribution is -2.34. The molecule has 0 aliphatic heterocycles. The first-order valence-corrected chi connectivity index (χ1v) is 9.96. The zero-order valence-corrected chi connectivity index (χ0v) is 15.2. The van der Waals surface area contributed by atoms with Gasteiger partial charge in [0.25, 0.3) is 0 Å². The van der Waals surface area contributed by atoms with Crippen LogP contribution in [0.4, 0.5) is 0 Å². The Morgan fingerprint density at radius 3 is 1.40 bits per heavy atom. The molecule has 25 heavy (non-hydrogen) atoms. The summed E-state index contributed by atoms with van der Waals surface area (Å²) in [5.41, 5.74) is 1.13. The molecule has 1 nitrogen and oxygen atoms in total. The standard InChI is InChI=1S/C22H18OS2/c23-22(19-13-7-15-24-19,20-14-8-16-25-20)21(17-9-3-1-4-10-17)18-11-5-2-6-12-18/h1-16,21,23H. The van der Waals surface area contributed by atoms with Crippen LogP contribution in [0.1, 0.15) is 26.8 Å². The van der Waals surface area contributed by atoms with Crippen LogP contribution in [0, 0.1) is 0 Å². The maximum absolute atomic E-state index is 12.1. The van der Waals surface area contributed by atoms with Gasteiger partial charge in [-0.2, -0.15) is 0 Å². The maximum Gasteiger partial charge on any atom is 0.144 e. The molecule has 2 aromatic heterocycles. The molecule has 0 fully saturated rings. The average Bonchev–Trinajstić information content (AvgIpc) is 3.38. The Bertz CT molecular complexity index is 824. The van der Waals surface area contributed by atoms with Crippen molar-refractivity contribution in [2.24, 2.45) is 0 Å². The Balaban J connectivity index is 1.98. The Kier molecular flexibility index (Phi) is 4.53. The summed E-state index contributed by atoms with van der Waals surface area (Å²) < 4.78 is 0. The first-order valence-electron chi connectivity index (χ1n) is 8.20. The highest BCUT2D eigenvalue weighted by Crippen LogP contribution is 2.48. The number of rotatable bonds is 5. The highest BCUT2D eigenvalue weighted by atomic mass is 32.1. The van der Waals surface area contributed by atoms with Gasteiger partial charge in [-0.25, -0.2) is 0 Å². The van der Waals surface area contributed by atoms with Gasteiger partial charge in [0, 0.05) is 15.7 Å². The predicted molar refractivity (Wildman–Crippen MR) is 106 cm³/mol. The lowest BCUT2D eigenvalue weighted by atomic mass is 9.75. The van der Waals surface area contributed by atoms with Gasteiger partial charge in [0.15, 0.2) is 0 Å². The Hall–Kier alpha value is -2.20. The molecule has 1 N–H and O–H groups in total. The summed E-state index contributed by atoms with van der Waals surface area (Å²) in [6, 6.07) is 28.7. The minimum atomic E-state index is -1.09. The van der Waals surface area contributed by atoms with E-state index in [1.54, 1.807) is 22.7 Å². The summed E-state index contributed by atoms with van der Waals surface area (Å²) in [5, 5.41) is 16.2. The van der Waals surface area contributed by atoms with Crippen LogP contribution in [0.5, 0.6) is 0 Å². The molecule has 124 valence electrons. The van der Waals surface area contributed by atoms with Crippen LogP contribution in [0.3, 0.4) is 0 Å². The Morgan fingerprint density at radius 2 is 1.04 bits per heavy atom. The van der Waals surface area contributed by atoms with Gasteiger partial charge < -0.3 is 5.11 Å². The number of benzene rings is 2. The molecule has 0 aliphatic rings. The fraction of sp³-hybridized carbons (Fsp3) is 0.0909. The lowest BCUT2D eigenvalue weighted by molar-refractivity contribution is 0.0701. The van der Waals surface area contributed by atoms with Crippen molar-refractivity contribution < 1.29 is 5.11 Å². The van der Waals surface area contributed by atoms with Crippen molar-refractivity contribution in [3.8, 4) is 0 Å². The topological polar surface area (TPSA) is 20.2 Å². The highest BCUT2D eigenvalue weighted by molar-refractivity contribution is 7.11. The first kappa shape index (κ1) is 16.3. The van der Waals surface area contributed by atoms with Crippen molar-refractivity contribution in [2.75, 3.05) is 0 Å². The molecule has 0 saturated heterocycles. The molecule has 0 saturated carbocycles. The molecule has 4 aromatic rings. The van der Waals surface area contributed by atoms with Crippen LogP contribution in [-0.2, 0) is 5.60 Å². The molecule has 0 amide bonds. The molecular formula is C22H18OS2. The minimum absolute atomic E-state index is 0.174. The number of hydrogen-bond acceptors (Lipinski definition) is 3. The molecule has 2 heterocycles. The molecular weight excluding hydrogens is 344 g/mol. The quantitative estimate of drug-likeness (QED) is 0.470. The van der Waals surface area contributed by atoms with E-state index in [0.29, 0.717) is 0 Å². The van der Waals surface area contributed by atoms with E-state index in [9.17, 15) is 5.11 Å². The number of thiophene rings is 2. The van der Waals surface area contributed by atoms with E-state index in [0.717, 1.165) is 20.9 Å². The molecule has 0 unspecified atom stereocenters. The van der Waals surface area contributed by atoms with E-state index in [4.69, 9.17) is 0 Å². The largest absolute Gasteiger partial charge is 0.378 e. The molecule has 0 atom stereocenters. The zero-order valence-electron chi connectivity index (χ0n) is 13.6. The Labute approximate surface area is 155 Å². The molecule has 4 rings (SSSR count). The van der Waals surface area contributed by atoms with Crippen molar-refractivity contribution in [3.05, 3.63) is 117 Å². The van der Waals surface area contributed by atoms with E-state index in [1.165, 1.54) is 0 Å². The van der Waals surface area contributed by atoms with Gasteiger partial charge in [-0.3, -0.25) is 0 Å². The molecule has 0 radical (unpaired) electrons. The fourth-order valence-electron chi connectivity index (χ4n) is 3.36. The monoisotopic (exact) mass is 362 g/mol. The number of aliphatic hydroxyl groups is 1. The van der Waals surface area contributed by atoms with Gasteiger partial charge in [-0.1, -0.05) is 72.8 Å². The number of hydrogen-bond donors (Lipinski definition) is 1. The normalized spacial score (nSPS) is 11.8. The van der Waals surface area contributed by atoms with Gasteiger partial charge in [0.1, 0.15) is 5.60 Å². The summed E-state index contributed by atoms with van der Waals surface area (Å²) >= 11 is 3.20. The van der Waals surface area contributed by atoms with Crippen LogP contribution in [0.25, 0.3) is 0 Å². The smallest absolute Gasteiger partial charge is 0.144 e. The second-order valence-electron chi connectivity index (χ2n) is 5.98. The molecule has 0 spiro atoms. The summed E-state index contributed by atoms with van der Waals surface area (Å²) in [5.74, 6) is -0.174. The van der Waals surface area contributed by atoms with Gasteiger partial charge in [0.05, 0.1) is 0 Å². The van der Waals surface area contributed by atoms with Crippen LogP contribution >= 0.6 is 22.7 Å². The molecule has 0 bridgehead atoms. The fourth-order valence-corrected chi connectivity index (χ4v) is 5.16. The van der Waals surface area contributed by atoms with Crippen molar-refractivity contribution in [3.63, 3.8) is 0 Å². The third kappa shape index (κ3) is 2.95. The lowest BCUT2D eigenvalue weighted by Gasteiger charge is -2.36. The summed E-state index contributed by atoms with van der Waals surface area (Å²) in [6.45, 7) is 0. The van der Waals surface area contributed by atoms with E-state index in [1.807, 2.05) is 71.4 Å². The van der Waals surface area contributed by atoms with Gasteiger partial charge in [-0.15, -0.1) is 22.7 Å². The van der Waals surface area contributed by atoms with Crippen LogP contribution in [0.2, 0.25) is 0 Å². The minimum Gasteiger partial charge on any atom is -0.378 e. The summed E-state index contributed by atoms with van der Waals surface area (Å²) in [6.07, 6.45) is 0. The maximum atomic E-state index is 12.1. The van der Waals surface area contributed by atoms with Crippen LogP contribution in [0.15, 0.2) is 95.7 Å². The zero-order chi connectivity index (χ0) is 17.1.